The van der Waals surface area contributed by atoms with Gasteiger partial charge in [-0.15, -0.1) is 0 Å². The molecule has 2 nitrogen and oxygen atoms in total. The fourth-order valence-electron chi connectivity index (χ4n) is 1.95. The summed E-state index contributed by atoms with van der Waals surface area (Å²) in [6, 6.07) is 2.52. The SMILES string of the molecule is CC1CC(c2cc(F)nc(Cl)c2)=CN=C1C(F)(F)F. The van der Waals surface area contributed by atoms with Crippen LogP contribution in [-0.4, -0.2) is 16.9 Å². The summed E-state index contributed by atoms with van der Waals surface area (Å²) >= 11 is 5.61. The third-order valence-corrected chi connectivity index (χ3v) is 2.97. The molecule has 19 heavy (non-hydrogen) atoms. The number of nitrogens with zero attached hydrogens (tertiary/aromatic N) is 2. The molecule has 0 radical (unpaired) electrons. The van der Waals surface area contributed by atoms with Crippen LogP contribution >= 0.6 is 11.6 Å². The van der Waals surface area contributed by atoms with Crippen LogP contribution in [0.5, 0.6) is 0 Å². The fourth-order valence-corrected chi connectivity index (χ4v) is 2.15. The average Bonchev–Trinajstić information content (AvgIpc) is 2.25. The van der Waals surface area contributed by atoms with E-state index in [9.17, 15) is 17.6 Å². The van der Waals surface area contributed by atoms with Crippen molar-refractivity contribution < 1.29 is 17.6 Å². The van der Waals surface area contributed by atoms with Crippen LogP contribution in [0.15, 0.2) is 23.3 Å². The van der Waals surface area contributed by atoms with Crippen LogP contribution in [0.3, 0.4) is 0 Å². The van der Waals surface area contributed by atoms with E-state index in [1.807, 2.05) is 0 Å². The molecule has 1 aromatic heterocycles. The molecule has 1 unspecified atom stereocenters. The summed E-state index contributed by atoms with van der Waals surface area (Å²) in [5.41, 5.74) is 0.0786. The van der Waals surface area contributed by atoms with Crippen LogP contribution in [0.25, 0.3) is 5.57 Å². The molecule has 1 aliphatic rings. The Kier molecular flexibility index (Phi) is 3.62. The molecule has 102 valence electrons. The van der Waals surface area contributed by atoms with Gasteiger partial charge < -0.3 is 0 Å². The number of hydrogen-bond acceptors (Lipinski definition) is 2. The highest BCUT2D eigenvalue weighted by Gasteiger charge is 2.40. The van der Waals surface area contributed by atoms with Gasteiger partial charge in [0, 0.05) is 18.2 Å². The lowest BCUT2D eigenvalue weighted by atomic mass is 9.91. The van der Waals surface area contributed by atoms with Gasteiger partial charge in [0.2, 0.25) is 5.95 Å². The van der Waals surface area contributed by atoms with Gasteiger partial charge >= 0.3 is 6.18 Å². The number of rotatable bonds is 1. The number of aromatic nitrogens is 1. The van der Waals surface area contributed by atoms with Crippen molar-refractivity contribution in [3.63, 3.8) is 0 Å². The maximum absolute atomic E-state index is 13.1. The maximum atomic E-state index is 13.1. The van der Waals surface area contributed by atoms with Gasteiger partial charge in [-0.05, 0) is 23.6 Å². The number of halogens is 5. The van der Waals surface area contributed by atoms with Gasteiger partial charge in [0.25, 0.3) is 0 Å². The van der Waals surface area contributed by atoms with Gasteiger partial charge in [0.05, 0.1) is 0 Å². The average molecular weight is 293 g/mol. The van der Waals surface area contributed by atoms with Crippen LogP contribution in [0.1, 0.15) is 18.9 Å². The smallest absolute Gasteiger partial charge is 0.256 e. The molecule has 1 aliphatic heterocycles. The summed E-state index contributed by atoms with van der Waals surface area (Å²) in [6.45, 7) is 1.43. The van der Waals surface area contributed by atoms with Crippen molar-refractivity contribution in [2.75, 3.05) is 0 Å². The Morgan fingerprint density at radius 1 is 1.32 bits per heavy atom. The number of pyridine rings is 1. The van der Waals surface area contributed by atoms with E-state index in [2.05, 4.69) is 9.98 Å². The van der Waals surface area contributed by atoms with E-state index in [4.69, 9.17) is 11.6 Å². The second-order valence-electron chi connectivity index (χ2n) is 4.27. The zero-order valence-corrected chi connectivity index (χ0v) is 10.6. The van der Waals surface area contributed by atoms with E-state index < -0.39 is 23.8 Å². The van der Waals surface area contributed by atoms with E-state index in [1.165, 1.54) is 13.0 Å². The van der Waals surface area contributed by atoms with Gasteiger partial charge in [-0.25, -0.2) is 4.98 Å². The van der Waals surface area contributed by atoms with Crippen LogP contribution in [-0.2, 0) is 0 Å². The monoisotopic (exact) mass is 292 g/mol. The first kappa shape index (κ1) is 14.0. The number of aliphatic imine (C=N–C) groups is 1. The van der Waals surface area contributed by atoms with E-state index in [1.54, 1.807) is 0 Å². The van der Waals surface area contributed by atoms with E-state index in [0.29, 0.717) is 11.1 Å². The summed E-state index contributed by atoms with van der Waals surface area (Å²) in [4.78, 5) is 6.80. The molecule has 1 aromatic rings. The van der Waals surface area contributed by atoms with Crippen LogP contribution in [0, 0.1) is 11.9 Å². The quantitative estimate of drug-likeness (QED) is 0.561. The van der Waals surface area contributed by atoms with Gasteiger partial charge in [-0.2, -0.15) is 17.6 Å². The summed E-state index contributed by atoms with van der Waals surface area (Å²) in [6.07, 6.45) is -3.21. The Morgan fingerprint density at radius 3 is 2.53 bits per heavy atom. The molecule has 0 bridgehead atoms. The minimum atomic E-state index is -4.44. The second kappa shape index (κ2) is 4.92. The van der Waals surface area contributed by atoms with Gasteiger partial charge in [0.15, 0.2) is 0 Å². The Hall–Kier alpha value is -1.43. The minimum absolute atomic E-state index is 0.0471. The lowest BCUT2D eigenvalue weighted by Gasteiger charge is -2.22. The maximum Gasteiger partial charge on any atom is 0.429 e. The molecule has 0 N–H and O–H groups in total. The number of alkyl halides is 3. The molecule has 0 amide bonds. The Balaban J connectivity index is 2.38. The van der Waals surface area contributed by atoms with E-state index >= 15 is 0 Å². The zero-order valence-electron chi connectivity index (χ0n) is 9.80. The van der Waals surface area contributed by atoms with Gasteiger partial charge in [0.1, 0.15) is 10.9 Å². The molecule has 0 spiro atoms. The molecule has 0 aliphatic carbocycles. The van der Waals surface area contributed by atoms with E-state index in [-0.39, 0.29) is 11.6 Å². The highest BCUT2D eigenvalue weighted by Crippen LogP contribution is 2.33. The van der Waals surface area contributed by atoms with Crippen molar-refractivity contribution in [1.29, 1.82) is 0 Å². The minimum Gasteiger partial charge on any atom is -0.256 e. The molecule has 2 rings (SSSR count). The summed E-state index contributed by atoms with van der Waals surface area (Å²) in [7, 11) is 0. The largest absolute Gasteiger partial charge is 0.429 e. The van der Waals surface area contributed by atoms with E-state index in [0.717, 1.165) is 12.3 Å². The van der Waals surface area contributed by atoms with Crippen molar-refractivity contribution in [2.45, 2.75) is 19.5 Å². The molecular formula is C12H9ClF4N2. The third kappa shape index (κ3) is 3.12. The molecule has 0 saturated heterocycles. The first-order valence-electron chi connectivity index (χ1n) is 5.45. The Morgan fingerprint density at radius 2 is 2.00 bits per heavy atom. The van der Waals surface area contributed by atoms with Crippen LogP contribution in [0.2, 0.25) is 5.15 Å². The highest BCUT2D eigenvalue weighted by molar-refractivity contribution is 6.29. The summed E-state index contributed by atoms with van der Waals surface area (Å²) < 4.78 is 50.9. The Bertz CT molecular complexity index is 543. The van der Waals surface area contributed by atoms with Crippen LogP contribution in [0.4, 0.5) is 17.6 Å². The van der Waals surface area contributed by atoms with Gasteiger partial charge in [-0.3, -0.25) is 4.99 Å². The Labute approximate surface area is 111 Å². The molecule has 0 saturated carbocycles. The lowest BCUT2D eigenvalue weighted by Crippen LogP contribution is -2.30. The molecule has 0 aromatic carbocycles. The van der Waals surface area contributed by atoms with Crippen molar-refractivity contribution in [3.8, 4) is 0 Å². The predicted octanol–water partition coefficient (Wildman–Crippen LogP) is 4.26. The topological polar surface area (TPSA) is 25.2 Å². The molecule has 1 atom stereocenters. The predicted molar refractivity (Wildman–Crippen MR) is 64.5 cm³/mol. The standard InChI is InChI=1S/C12H9ClF4N2/c1-6-2-8(5-18-11(6)12(15,16)17)7-3-9(13)19-10(14)4-7/h3-6H,2H2,1H3. The first-order chi connectivity index (χ1) is 8.77. The highest BCUT2D eigenvalue weighted by atomic mass is 35.5. The number of allylic oxidation sites excluding steroid dienone is 1. The van der Waals surface area contributed by atoms with Crippen LogP contribution < -0.4 is 0 Å². The van der Waals surface area contributed by atoms with Crippen molar-refractivity contribution in [2.24, 2.45) is 10.9 Å². The summed E-state index contributed by atoms with van der Waals surface area (Å²) in [5.74, 6) is -1.56. The third-order valence-electron chi connectivity index (χ3n) is 2.78. The molecule has 2 heterocycles. The lowest BCUT2D eigenvalue weighted by molar-refractivity contribution is -0.0626. The fraction of sp³-hybridized carbons (Fsp3) is 0.333. The normalized spacial score (nSPS) is 20.0. The first-order valence-corrected chi connectivity index (χ1v) is 5.82. The number of hydrogen-bond donors (Lipinski definition) is 0. The zero-order chi connectivity index (χ0) is 14.2. The van der Waals surface area contributed by atoms with Gasteiger partial charge in [-0.1, -0.05) is 18.5 Å². The molecule has 7 heteroatoms. The summed E-state index contributed by atoms with van der Waals surface area (Å²) in [5, 5.41) is -0.0471. The molecular weight excluding hydrogens is 284 g/mol. The van der Waals surface area contributed by atoms with Crippen molar-refractivity contribution >= 4 is 22.9 Å². The molecule has 0 fully saturated rings. The van der Waals surface area contributed by atoms with Crippen molar-refractivity contribution in [3.05, 3.63) is 35.0 Å². The van der Waals surface area contributed by atoms with Crippen molar-refractivity contribution in [1.82, 2.24) is 4.98 Å². The second-order valence-corrected chi connectivity index (χ2v) is 4.66.